The molecular formula is C10H18S2. The summed E-state index contributed by atoms with van der Waals surface area (Å²) in [6, 6.07) is 0. The van der Waals surface area contributed by atoms with Crippen molar-refractivity contribution in [1.82, 2.24) is 0 Å². The summed E-state index contributed by atoms with van der Waals surface area (Å²) in [5.74, 6) is 0. The molecule has 0 saturated carbocycles. The van der Waals surface area contributed by atoms with E-state index < -0.39 is 0 Å². The van der Waals surface area contributed by atoms with Gasteiger partial charge in [0.25, 0.3) is 0 Å². The molecule has 0 aliphatic rings. The van der Waals surface area contributed by atoms with E-state index in [1.807, 2.05) is 0 Å². The molecule has 0 aromatic rings. The Labute approximate surface area is 85.3 Å². The minimum Gasteiger partial charge on any atom is -0.0682 e. The Bertz CT molecular complexity index is 163. The molecule has 0 bridgehead atoms. The summed E-state index contributed by atoms with van der Waals surface area (Å²) in [4.78, 5) is 0. The van der Waals surface area contributed by atoms with Crippen molar-refractivity contribution in [3.63, 3.8) is 0 Å². The first kappa shape index (κ1) is 12.3. The molecule has 0 nitrogen and oxygen atoms in total. The predicted molar refractivity (Wildman–Crippen MR) is 62.5 cm³/mol. The van der Waals surface area contributed by atoms with Crippen molar-refractivity contribution in [2.24, 2.45) is 0 Å². The lowest BCUT2D eigenvalue weighted by atomic mass is 10.3. The van der Waals surface area contributed by atoms with Gasteiger partial charge in [0.05, 0.1) is 0 Å². The third-order valence-corrected chi connectivity index (χ3v) is 2.52. The summed E-state index contributed by atoms with van der Waals surface area (Å²) in [6.45, 7) is 13.0. The average Bonchev–Trinajstić information content (AvgIpc) is 1.76. The van der Waals surface area contributed by atoms with E-state index in [4.69, 9.17) is 0 Å². The molecule has 0 saturated heterocycles. The van der Waals surface area contributed by atoms with Crippen molar-refractivity contribution in [2.75, 3.05) is 0 Å². The highest BCUT2D eigenvalue weighted by Gasteiger charge is 2.10. The minimum absolute atomic E-state index is 0.255. The van der Waals surface area contributed by atoms with Crippen LogP contribution in [0.5, 0.6) is 0 Å². The fourth-order valence-electron chi connectivity index (χ4n) is 0.348. The molecular weight excluding hydrogens is 184 g/mol. The van der Waals surface area contributed by atoms with E-state index in [1.54, 1.807) is 23.5 Å². The lowest BCUT2D eigenvalue weighted by molar-refractivity contribution is 0.807. The molecule has 0 amide bonds. The SMILES string of the molecule is CC(C)(C)SC#CSC(C)(C)C. The molecule has 0 rings (SSSR count). The van der Waals surface area contributed by atoms with Crippen LogP contribution in [-0.4, -0.2) is 9.49 Å². The summed E-state index contributed by atoms with van der Waals surface area (Å²) < 4.78 is 0.511. The van der Waals surface area contributed by atoms with Gasteiger partial charge in [0, 0.05) is 9.49 Å². The zero-order chi connectivity index (χ0) is 9.83. The molecule has 0 aliphatic carbocycles. The maximum atomic E-state index is 3.11. The Balaban J connectivity index is 3.77. The zero-order valence-corrected chi connectivity index (χ0v) is 10.4. The minimum atomic E-state index is 0.255. The standard InChI is InChI=1S/C10H18S2/c1-9(2,3)11-7-8-12-10(4,5)6/h1-6H3. The van der Waals surface area contributed by atoms with Crippen molar-refractivity contribution in [3.05, 3.63) is 0 Å². The van der Waals surface area contributed by atoms with E-state index in [0.29, 0.717) is 0 Å². The van der Waals surface area contributed by atoms with Crippen LogP contribution in [-0.2, 0) is 0 Å². The maximum Gasteiger partial charge on any atom is 0.0199 e. The molecule has 0 aliphatic heterocycles. The van der Waals surface area contributed by atoms with Gasteiger partial charge in [0.2, 0.25) is 0 Å². The van der Waals surface area contributed by atoms with Crippen molar-refractivity contribution in [3.8, 4) is 10.5 Å². The Morgan fingerprint density at radius 3 is 1.08 bits per heavy atom. The Morgan fingerprint density at radius 1 is 0.667 bits per heavy atom. The van der Waals surface area contributed by atoms with Crippen LogP contribution < -0.4 is 0 Å². The largest absolute Gasteiger partial charge is 0.0682 e. The van der Waals surface area contributed by atoms with Crippen LogP contribution in [0.15, 0.2) is 0 Å². The van der Waals surface area contributed by atoms with Crippen LogP contribution in [0.3, 0.4) is 0 Å². The second kappa shape index (κ2) is 4.48. The van der Waals surface area contributed by atoms with Crippen LogP contribution in [0.4, 0.5) is 0 Å². The molecule has 0 aromatic heterocycles. The molecule has 0 unspecified atom stereocenters. The van der Waals surface area contributed by atoms with Gasteiger partial charge in [-0.15, -0.1) is 0 Å². The fraction of sp³-hybridized carbons (Fsp3) is 0.800. The molecule has 0 aromatic carbocycles. The summed E-state index contributed by atoms with van der Waals surface area (Å²) in [7, 11) is 0. The highest BCUT2D eigenvalue weighted by molar-refractivity contribution is 8.08. The van der Waals surface area contributed by atoms with E-state index in [2.05, 4.69) is 52.0 Å². The maximum absolute atomic E-state index is 3.11. The third-order valence-electron chi connectivity index (χ3n) is 0.756. The highest BCUT2D eigenvalue weighted by atomic mass is 32.2. The molecule has 0 heterocycles. The van der Waals surface area contributed by atoms with Crippen LogP contribution >= 0.6 is 23.5 Å². The molecule has 12 heavy (non-hydrogen) atoms. The predicted octanol–water partition coefficient (Wildman–Crippen LogP) is 3.97. The van der Waals surface area contributed by atoms with E-state index in [0.717, 1.165) is 0 Å². The monoisotopic (exact) mass is 202 g/mol. The first-order valence-corrected chi connectivity index (χ1v) is 5.70. The van der Waals surface area contributed by atoms with Crippen molar-refractivity contribution < 1.29 is 0 Å². The van der Waals surface area contributed by atoms with Gasteiger partial charge in [-0.2, -0.15) is 0 Å². The second-order valence-electron chi connectivity index (χ2n) is 4.63. The first-order chi connectivity index (χ1) is 5.21. The Morgan fingerprint density at radius 2 is 0.917 bits per heavy atom. The summed E-state index contributed by atoms with van der Waals surface area (Å²) in [5.41, 5.74) is 0. The molecule has 0 radical (unpaired) electrons. The van der Waals surface area contributed by atoms with Gasteiger partial charge in [0.15, 0.2) is 0 Å². The van der Waals surface area contributed by atoms with E-state index in [-0.39, 0.29) is 9.49 Å². The summed E-state index contributed by atoms with van der Waals surface area (Å²) in [5, 5.41) is 6.22. The molecule has 0 fully saturated rings. The Hall–Kier alpha value is 0.260. The van der Waals surface area contributed by atoms with Gasteiger partial charge in [0.1, 0.15) is 0 Å². The molecule has 70 valence electrons. The lowest BCUT2D eigenvalue weighted by Gasteiger charge is -2.13. The Kier molecular flexibility index (Phi) is 4.58. The van der Waals surface area contributed by atoms with E-state index in [1.165, 1.54) is 0 Å². The summed E-state index contributed by atoms with van der Waals surface area (Å²) in [6.07, 6.45) is 0. The lowest BCUT2D eigenvalue weighted by Crippen LogP contribution is -2.06. The molecule has 2 heteroatoms. The van der Waals surface area contributed by atoms with Crippen LogP contribution in [0.1, 0.15) is 41.5 Å². The van der Waals surface area contributed by atoms with Crippen LogP contribution in [0.2, 0.25) is 0 Å². The second-order valence-corrected chi connectivity index (χ2v) is 7.90. The highest BCUT2D eigenvalue weighted by Crippen LogP contribution is 2.25. The van der Waals surface area contributed by atoms with E-state index >= 15 is 0 Å². The van der Waals surface area contributed by atoms with Crippen molar-refractivity contribution in [2.45, 2.75) is 51.0 Å². The van der Waals surface area contributed by atoms with Gasteiger partial charge in [-0.3, -0.25) is 0 Å². The fourth-order valence-corrected chi connectivity index (χ4v) is 1.29. The average molecular weight is 202 g/mol. The quantitative estimate of drug-likeness (QED) is 0.545. The van der Waals surface area contributed by atoms with E-state index in [9.17, 15) is 0 Å². The zero-order valence-electron chi connectivity index (χ0n) is 8.82. The smallest absolute Gasteiger partial charge is 0.0199 e. The number of rotatable bonds is 0. The normalized spacial score (nSPS) is 12.2. The molecule has 0 spiro atoms. The third kappa shape index (κ3) is 10.3. The van der Waals surface area contributed by atoms with Crippen molar-refractivity contribution in [1.29, 1.82) is 0 Å². The van der Waals surface area contributed by atoms with Gasteiger partial charge < -0.3 is 0 Å². The van der Waals surface area contributed by atoms with Crippen molar-refractivity contribution >= 4 is 23.5 Å². The van der Waals surface area contributed by atoms with Gasteiger partial charge in [-0.05, 0) is 10.5 Å². The van der Waals surface area contributed by atoms with Gasteiger partial charge in [-0.1, -0.05) is 65.1 Å². The number of hydrogen-bond donors (Lipinski definition) is 0. The summed E-state index contributed by atoms with van der Waals surface area (Å²) >= 11 is 3.38. The molecule has 0 N–H and O–H groups in total. The van der Waals surface area contributed by atoms with Gasteiger partial charge >= 0.3 is 0 Å². The van der Waals surface area contributed by atoms with Crippen LogP contribution in [0, 0.1) is 10.5 Å². The number of hydrogen-bond acceptors (Lipinski definition) is 2. The van der Waals surface area contributed by atoms with Crippen LogP contribution in [0.25, 0.3) is 0 Å². The number of thioether (sulfide) groups is 2. The topological polar surface area (TPSA) is 0 Å². The molecule has 0 atom stereocenters. The first-order valence-electron chi connectivity index (χ1n) is 4.07. The van der Waals surface area contributed by atoms with Gasteiger partial charge in [-0.25, -0.2) is 0 Å².